The van der Waals surface area contributed by atoms with Crippen LogP contribution in [0.2, 0.25) is 0 Å². The SMILES string of the molecule is CCC(=O)N1CCC[C@H](C(=O)NCC2(c3ccccc3C)CC2)C1. The Hall–Kier alpha value is -1.84. The lowest BCUT2D eigenvalue weighted by molar-refractivity contribution is -0.135. The molecule has 4 heteroatoms. The van der Waals surface area contributed by atoms with Crippen molar-refractivity contribution in [2.45, 2.75) is 51.4 Å². The molecule has 1 N–H and O–H groups in total. The Kier molecular flexibility index (Phi) is 4.93. The number of likely N-dealkylation sites (tertiary alicyclic amines) is 1. The highest BCUT2D eigenvalue weighted by molar-refractivity contribution is 5.81. The molecule has 130 valence electrons. The topological polar surface area (TPSA) is 49.4 Å². The molecule has 1 aromatic carbocycles. The molecule has 1 saturated carbocycles. The van der Waals surface area contributed by atoms with Gasteiger partial charge in [0.05, 0.1) is 5.92 Å². The molecule has 2 fully saturated rings. The summed E-state index contributed by atoms with van der Waals surface area (Å²) in [5, 5.41) is 3.18. The fraction of sp³-hybridized carbons (Fsp3) is 0.600. The van der Waals surface area contributed by atoms with E-state index in [1.165, 1.54) is 11.1 Å². The lowest BCUT2D eigenvalue weighted by Crippen LogP contribution is -2.46. The van der Waals surface area contributed by atoms with E-state index in [1.807, 2.05) is 11.8 Å². The number of aryl methyl sites for hydroxylation is 1. The molecule has 1 atom stereocenters. The lowest BCUT2D eigenvalue weighted by Gasteiger charge is -2.32. The summed E-state index contributed by atoms with van der Waals surface area (Å²) in [6, 6.07) is 8.48. The Balaban J connectivity index is 1.58. The summed E-state index contributed by atoms with van der Waals surface area (Å²) >= 11 is 0. The van der Waals surface area contributed by atoms with Crippen molar-refractivity contribution in [3.8, 4) is 0 Å². The molecule has 0 unspecified atom stereocenters. The van der Waals surface area contributed by atoms with Gasteiger partial charge in [-0.25, -0.2) is 0 Å². The van der Waals surface area contributed by atoms with Crippen LogP contribution in [0.4, 0.5) is 0 Å². The fourth-order valence-electron chi connectivity index (χ4n) is 3.90. The van der Waals surface area contributed by atoms with Crippen molar-refractivity contribution < 1.29 is 9.59 Å². The first-order chi connectivity index (χ1) is 11.6. The van der Waals surface area contributed by atoms with E-state index < -0.39 is 0 Å². The van der Waals surface area contributed by atoms with Crippen LogP contribution in [-0.4, -0.2) is 36.3 Å². The molecule has 2 amide bonds. The quantitative estimate of drug-likeness (QED) is 0.903. The van der Waals surface area contributed by atoms with Crippen molar-refractivity contribution in [2.75, 3.05) is 19.6 Å². The number of carbonyl (C=O) groups is 2. The molecular formula is C20H28N2O2. The minimum atomic E-state index is -0.0538. The zero-order valence-corrected chi connectivity index (χ0v) is 14.8. The van der Waals surface area contributed by atoms with E-state index in [0.717, 1.165) is 38.8 Å². The number of nitrogens with zero attached hydrogens (tertiary/aromatic N) is 1. The van der Waals surface area contributed by atoms with Crippen LogP contribution >= 0.6 is 0 Å². The van der Waals surface area contributed by atoms with E-state index in [-0.39, 0.29) is 23.1 Å². The van der Waals surface area contributed by atoms with E-state index >= 15 is 0 Å². The summed E-state index contributed by atoms with van der Waals surface area (Å²) in [6.45, 7) is 6.12. The number of nitrogens with one attached hydrogen (secondary N) is 1. The predicted molar refractivity (Wildman–Crippen MR) is 94.7 cm³/mol. The van der Waals surface area contributed by atoms with Crippen molar-refractivity contribution in [3.63, 3.8) is 0 Å². The van der Waals surface area contributed by atoms with Crippen LogP contribution in [0.5, 0.6) is 0 Å². The summed E-state index contributed by atoms with van der Waals surface area (Å²) < 4.78 is 0. The Morgan fingerprint density at radius 3 is 2.71 bits per heavy atom. The van der Waals surface area contributed by atoms with Gasteiger partial charge in [-0.1, -0.05) is 31.2 Å². The van der Waals surface area contributed by atoms with Crippen LogP contribution < -0.4 is 5.32 Å². The molecule has 0 bridgehead atoms. The highest BCUT2D eigenvalue weighted by Crippen LogP contribution is 2.48. The second-order valence-corrected chi connectivity index (χ2v) is 7.35. The number of benzene rings is 1. The van der Waals surface area contributed by atoms with Gasteiger partial charge in [0.25, 0.3) is 0 Å². The maximum Gasteiger partial charge on any atom is 0.224 e. The first-order valence-electron chi connectivity index (χ1n) is 9.17. The molecule has 4 nitrogen and oxygen atoms in total. The molecule has 2 aliphatic rings. The van der Waals surface area contributed by atoms with Gasteiger partial charge in [-0.2, -0.15) is 0 Å². The molecule has 0 radical (unpaired) electrons. The van der Waals surface area contributed by atoms with Gasteiger partial charge in [-0.3, -0.25) is 9.59 Å². The largest absolute Gasteiger partial charge is 0.355 e. The minimum absolute atomic E-state index is 0.0538. The first-order valence-corrected chi connectivity index (χ1v) is 9.17. The molecular weight excluding hydrogens is 300 g/mol. The third-order valence-electron chi connectivity index (χ3n) is 5.62. The van der Waals surface area contributed by atoms with Crippen molar-refractivity contribution >= 4 is 11.8 Å². The molecule has 1 heterocycles. The van der Waals surface area contributed by atoms with Gasteiger partial charge in [0.15, 0.2) is 0 Å². The van der Waals surface area contributed by atoms with Gasteiger partial charge in [0, 0.05) is 31.5 Å². The predicted octanol–water partition coefficient (Wildman–Crippen LogP) is 2.79. The molecule has 1 aromatic rings. The summed E-state index contributed by atoms with van der Waals surface area (Å²) in [5.41, 5.74) is 2.81. The standard InChI is InChI=1S/C20H28N2O2/c1-3-18(23)22-12-6-8-16(13-22)19(24)21-14-20(10-11-20)17-9-5-4-7-15(17)2/h4-5,7,9,16H,3,6,8,10-14H2,1-2H3,(H,21,24)/t16-/m0/s1. The highest BCUT2D eigenvalue weighted by Gasteiger charge is 2.45. The van der Waals surface area contributed by atoms with Crippen molar-refractivity contribution in [1.29, 1.82) is 0 Å². The van der Waals surface area contributed by atoms with E-state index in [0.29, 0.717) is 13.0 Å². The maximum atomic E-state index is 12.6. The van der Waals surface area contributed by atoms with Gasteiger partial charge >= 0.3 is 0 Å². The van der Waals surface area contributed by atoms with Crippen LogP contribution in [0.15, 0.2) is 24.3 Å². The number of carbonyl (C=O) groups excluding carboxylic acids is 2. The Labute approximate surface area is 144 Å². The first kappa shape index (κ1) is 17.0. The Morgan fingerprint density at radius 2 is 2.04 bits per heavy atom. The second kappa shape index (κ2) is 6.96. The van der Waals surface area contributed by atoms with E-state index in [9.17, 15) is 9.59 Å². The molecule has 3 rings (SSSR count). The zero-order valence-electron chi connectivity index (χ0n) is 14.8. The highest BCUT2D eigenvalue weighted by atomic mass is 16.2. The van der Waals surface area contributed by atoms with E-state index in [4.69, 9.17) is 0 Å². The minimum Gasteiger partial charge on any atom is -0.355 e. The number of amides is 2. The summed E-state index contributed by atoms with van der Waals surface area (Å²) in [5.74, 6) is 0.219. The van der Waals surface area contributed by atoms with Crippen molar-refractivity contribution in [3.05, 3.63) is 35.4 Å². The number of hydrogen-bond donors (Lipinski definition) is 1. The third-order valence-corrected chi connectivity index (χ3v) is 5.62. The fourth-order valence-corrected chi connectivity index (χ4v) is 3.90. The summed E-state index contributed by atoms with van der Waals surface area (Å²) in [4.78, 5) is 26.3. The average Bonchev–Trinajstić information content (AvgIpc) is 3.40. The number of piperidine rings is 1. The van der Waals surface area contributed by atoms with Crippen LogP contribution in [-0.2, 0) is 15.0 Å². The lowest BCUT2D eigenvalue weighted by atomic mass is 9.91. The van der Waals surface area contributed by atoms with Crippen LogP contribution in [0, 0.1) is 12.8 Å². The molecule has 0 spiro atoms. The van der Waals surface area contributed by atoms with Crippen molar-refractivity contribution in [2.24, 2.45) is 5.92 Å². The van der Waals surface area contributed by atoms with Gasteiger partial charge in [-0.05, 0) is 43.7 Å². The Bertz CT molecular complexity index is 622. The normalized spacial score (nSPS) is 22.1. The number of hydrogen-bond acceptors (Lipinski definition) is 2. The van der Waals surface area contributed by atoms with Gasteiger partial charge in [0.2, 0.25) is 11.8 Å². The third kappa shape index (κ3) is 3.47. The van der Waals surface area contributed by atoms with Crippen LogP contribution in [0.1, 0.15) is 50.2 Å². The molecule has 1 aliphatic heterocycles. The van der Waals surface area contributed by atoms with Gasteiger partial charge in [0.1, 0.15) is 0 Å². The summed E-state index contributed by atoms with van der Waals surface area (Å²) in [6.07, 6.45) is 4.61. The molecule has 0 aromatic heterocycles. The molecule has 1 saturated heterocycles. The maximum absolute atomic E-state index is 12.6. The smallest absolute Gasteiger partial charge is 0.224 e. The van der Waals surface area contributed by atoms with Crippen LogP contribution in [0.25, 0.3) is 0 Å². The monoisotopic (exact) mass is 328 g/mol. The summed E-state index contributed by atoms with van der Waals surface area (Å²) in [7, 11) is 0. The molecule has 24 heavy (non-hydrogen) atoms. The molecule has 1 aliphatic carbocycles. The average molecular weight is 328 g/mol. The zero-order chi connectivity index (χ0) is 17.2. The van der Waals surface area contributed by atoms with Crippen molar-refractivity contribution in [1.82, 2.24) is 10.2 Å². The second-order valence-electron chi connectivity index (χ2n) is 7.35. The van der Waals surface area contributed by atoms with E-state index in [1.54, 1.807) is 0 Å². The number of rotatable bonds is 5. The van der Waals surface area contributed by atoms with Gasteiger partial charge < -0.3 is 10.2 Å². The Morgan fingerprint density at radius 1 is 1.29 bits per heavy atom. The van der Waals surface area contributed by atoms with Crippen LogP contribution in [0.3, 0.4) is 0 Å². The van der Waals surface area contributed by atoms with E-state index in [2.05, 4.69) is 36.5 Å². The van der Waals surface area contributed by atoms with Gasteiger partial charge in [-0.15, -0.1) is 0 Å².